The maximum absolute atomic E-state index is 11.8. The average molecular weight is 368 g/mol. The Hall–Kier alpha value is -3.05. The number of hydrogen-bond donors (Lipinski definition) is 2. The summed E-state index contributed by atoms with van der Waals surface area (Å²) in [6.45, 7) is 2.12. The first-order valence-electron chi connectivity index (χ1n) is 8.09. The van der Waals surface area contributed by atoms with Crippen molar-refractivity contribution in [3.05, 3.63) is 77.0 Å². The lowest BCUT2D eigenvalue weighted by Crippen LogP contribution is -2.26. The summed E-state index contributed by atoms with van der Waals surface area (Å²) in [5, 5.41) is 7.66. The van der Waals surface area contributed by atoms with Gasteiger partial charge in [0, 0.05) is 16.3 Å². The minimum Gasteiger partial charge on any atom is -0.455 e. The summed E-state index contributed by atoms with van der Waals surface area (Å²) in [5.41, 5.74) is 5.38. The van der Waals surface area contributed by atoms with Crippen LogP contribution in [0, 0.1) is 6.92 Å². The van der Waals surface area contributed by atoms with Crippen LogP contribution >= 0.6 is 11.6 Å². The third kappa shape index (κ3) is 4.74. The van der Waals surface area contributed by atoms with E-state index in [1.54, 1.807) is 18.2 Å². The Balaban J connectivity index is 1.51. The first kappa shape index (κ1) is 17.8. The highest BCUT2D eigenvalue weighted by Gasteiger charge is 2.04. The second-order valence-corrected chi connectivity index (χ2v) is 6.11. The van der Waals surface area contributed by atoms with Gasteiger partial charge in [-0.15, -0.1) is 0 Å². The van der Waals surface area contributed by atoms with Gasteiger partial charge in [0.15, 0.2) is 0 Å². The summed E-state index contributed by atoms with van der Waals surface area (Å²) in [6.07, 6.45) is 1.46. The smallest absolute Gasteiger partial charge is 0.259 e. The normalized spacial score (nSPS) is 10.8. The van der Waals surface area contributed by atoms with Crippen molar-refractivity contribution < 1.29 is 9.21 Å². The number of hydrazone groups is 1. The number of hydrogen-bond acceptors (Lipinski definition) is 4. The van der Waals surface area contributed by atoms with Gasteiger partial charge >= 0.3 is 0 Å². The molecule has 0 saturated heterocycles. The van der Waals surface area contributed by atoms with Gasteiger partial charge in [-0.1, -0.05) is 29.8 Å². The van der Waals surface area contributed by atoms with Crippen LogP contribution in [0.5, 0.6) is 0 Å². The highest BCUT2D eigenvalue weighted by Crippen LogP contribution is 2.23. The van der Waals surface area contributed by atoms with Gasteiger partial charge in [0.25, 0.3) is 5.91 Å². The molecule has 3 aromatic rings. The lowest BCUT2D eigenvalue weighted by molar-refractivity contribution is -0.119. The minimum absolute atomic E-state index is 0.135. The number of halogens is 1. The number of amides is 1. The Bertz CT molecular complexity index is 917. The van der Waals surface area contributed by atoms with E-state index < -0.39 is 0 Å². The fourth-order valence-corrected chi connectivity index (χ4v) is 2.47. The van der Waals surface area contributed by atoms with Crippen LogP contribution in [-0.2, 0) is 4.79 Å². The van der Waals surface area contributed by atoms with Crippen molar-refractivity contribution in [2.75, 3.05) is 11.9 Å². The molecule has 26 heavy (non-hydrogen) atoms. The SMILES string of the molecule is Cc1ccccc1NCC(=O)N/N=C\c1ccc(-c2ccc(Cl)cc2)o1. The molecule has 3 rings (SSSR count). The molecular formula is C20H18ClN3O2. The fourth-order valence-electron chi connectivity index (χ4n) is 2.35. The molecule has 132 valence electrons. The molecule has 0 aliphatic carbocycles. The first-order valence-corrected chi connectivity index (χ1v) is 8.47. The molecule has 2 aromatic carbocycles. The molecule has 1 heterocycles. The van der Waals surface area contributed by atoms with E-state index in [2.05, 4.69) is 15.8 Å². The molecule has 1 aromatic heterocycles. The zero-order valence-corrected chi connectivity index (χ0v) is 15.0. The van der Waals surface area contributed by atoms with Crippen molar-refractivity contribution in [3.8, 4) is 11.3 Å². The van der Waals surface area contributed by atoms with E-state index >= 15 is 0 Å². The van der Waals surface area contributed by atoms with Crippen LogP contribution in [0.2, 0.25) is 5.02 Å². The molecule has 0 fully saturated rings. The van der Waals surface area contributed by atoms with E-state index in [0.29, 0.717) is 16.5 Å². The van der Waals surface area contributed by atoms with Gasteiger partial charge in [-0.2, -0.15) is 5.10 Å². The van der Waals surface area contributed by atoms with Crippen molar-refractivity contribution in [1.29, 1.82) is 0 Å². The standard InChI is InChI=1S/C20H18ClN3O2/c1-14-4-2-3-5-18(14)22-13-20(25)24-23-12-17-10-11-19(26-17)15-6-8-16(21)9-7-15/h2-12,22H,13H2,1H3,(H,24,25)/b23-12-. The highest BCUT2D eigenvalue weighted by molar-refractivity contribution is 6.30. The third-order valence-corrected chi connectivity index (χ3v) is 3.97. The summed E-state index contributed by atoms with van der Waals surface area (Å²) >= 11 is 5.88. The van der Waals surface area contributed by atoms with Crippen LogP contribution < -0.4 is 10.7 Å². The Morgan fingerprint density at radius 2 is 1.88 bits per heavy atom. The molecule has 0 saturated carbocycles. The number of aryl methyl sites for hydroxylation is 1. The number of carbonyl (C=O) groups excluding carboxylic acids is 1. The van der Waals surface area contributed by atoms with Gasteiger partial charge in [0.2, 0.25) is 0 Å². The van der Waals surface area contributed by atoms with Gasteiger partial charge in [-0.3, -0.25) is 4.79 Å². The van der Waals surface area contributed by atoms with Crippen molar-refractivity contribution in [2.24, 2.45) is 5.10 Å². The predicted molar refractivity (Wildman–Crippen MR) is 105 cm³/mol. The zero-order chi connectivity index (χ0) is 18.4. The number of nitrogens with one attached hydrogen (secondary N) is 2. The topological polar surface area (TPSA) is 66.6 Å². The first-order chi connectivity index (χ1) is 12.6. The molecule has 0 aliphatic rings. The monoisotopic (exact) mass is 367 g/mol. The molecule has 1 amide bonds. The Labute approximate surface area is 156 Å². The Kier molecular flexibility index (Phi) is 5.71. The van der Waals surface area contributed by atoms with E-state index in [1.165, 1.54) is 6.21 Å². The molecule has 6 heteroatoms. The largest absolute Gasteiger partial charge is 0.455 e. The van der Waals surface area contributed by atoms with Gasteiger partial charge in [-0.05, 0) is 55.0 Å². The van der Waals surface area contributed by atoms with Crippen molar-refractivity contribution in [3.63, 3.8) is 0 Å². The van der Waals surface area contributed by atoms with Crippen molar-refractivity contribution in [2.45, 2.75) is 6.92 Å². The number of rotatable bonds is 6. The van der Waals surface area contributed by atoms with Crippen LogP contribution in [0.25, 0.3) is 11.3 Å². The molecule has 0 radical (unpaired) electrons. The number of furan rings is 1. The van der Waals surface area contributed by atoms with Crippen LogP contribution in [0.4, 0.5) is 5.69 Å². The summed E-state index contributed by atoms with van der Waals surface area (Å²) in [4.78, 5) is 11.8. The Morgan fingerprint density at radius 1 is 1.12 bits per heavy atom. The summed E-state index contributed by atoms with van der Waals surface area (Å²) in [7, 11) is 0. The van der Waals surface area contributed by atoms with Crippen LogP contribution in [-0.4, -0.2) is 18.7 Å². The van der Waals surface area contributed by atoms with Crippen molar-refractivity contribution >= 4 is 29.4 Å². The lowest BCUT2D eigenvalue weighted by atomic mass is 10.2. The highest BCUT2D eigenvalue weighted by atomic mass is 35.5. The number of anilines is 1. The molecule has 0 spiro atoms. The second-order valence-electron chi connectivity index (χ2n) is 5.67. The van der Waals surface area contributed by atoms with Gasteiger partial charge < -0.3 is 9.73 Å². The van der Waals surface area contributed by atoms with Gasteiger partial charge in [0.05, 0.1) is 12.8 Å². The molecule has 0 atom stereocenters. The molecule has 0 aliphatic heterocycles. The lowest BCUT2D eigenvalue weighted by Gasteiger charge is -2.07. The van der Waals surface area contributed by atoms with Gasteiger partial charge in [-0.25, -0.2) is 5.43 Å². The summed E-state index contributed by atoms with van der Waals surface area (Å²) in [6, 6.07) is 18.7. The number of nitrogens with zero attached hydrogens (tertiary/aromatic N) is 1. The van der Waals surface area contributed by atoms with Crippen LogP contribution in [0.1, 0.15) is 11.3 Å². The fraction of sp³-hybridized carbons (Fsp3) is 0.100. The zero-order valence-electron chi connectivity index (χ0n) is 14.2. The van der Waals surface area contributed by atoms with E-state index in [4.69, 9.17) is 16.0 Å². The molecule has 0 unspecified atom stereocenters. The average Bonchev–Trinajstić information content (AvgIpc) is 3.10. The van der Waals surface area contributed by atoms with Crippen LogP contribution in [0.3, 0.4) is 0 Å². The molecule has 5 nitrogen and oxygen atoms in total. The summed E-state index contributed by atoms with van der Waals surface area (Å²) in [5.74, 6) is 1.01. The number of carbonyl (C=O) groups is 1. The maximum Gasteiger partial charge on any atom is 0.259 e. The molecule has 0 bridgehead atoms. The number of benzene rings is 2. The van der Waals surface area contributed by atoms with E-state index in [1.807, 2.05) is 49.4 Å². The molecular weight excluding hydrogens is 350 g/mol. The third-order valence-electron chi connectivity index (χ3n) is 3.72. The van der Waals surface area contributed by atoms with Gasteiger partial charge in [0.1, 0.15) is 11.5 Å². The van der Waals surface area contributed by atoms with Crippen molar-refractivity contribution in [1.82, 2.24) is 5.43 Å². The minimum atomic E-state index is -0.242. The quantitative estimate of drug-likeness (QED) is 0.499. The van der Waals surface area contributed by atoms with E-state index in [-0.39, 0.29) is 12.5 Å². The van der Waals surface area contributed by atoms with E-state index in [0.717, 1.165) is 16.8 Å². The van der Waals surface area contributed by atoms with E-state index in [9.17, 15) is 4.79 Å². The maximum atomic E-state index is 11.8. The second kappa shape index (κ2) is 8.36. The number of para-hydroxylation sites is 1. The predicted octanol–water partition coefficient (Wildman–Crippen LogP) is 4.47. The Morgan fingerprint density at radius 3 is 2.65 bits per heavy atom. The summed E-state index contributed by atoms with van der Waals surface area (Å²) < 4.78 is 5.68. The molecule has 2 N–H and O–H groups in total. The van der Waals surface area contributed by atoms with Crippen LogP contribution in [0.15, 0.2) is 70.2 Å².